The van der Waals surface area contributed by atoms with Crippen LogP contribution in [0.5, 0.6) is 0 Å². The molecule has 0 unspecified atom stereocenters. The minimum absolute atomic E-state index is 0.0729. The van der Waals surface area contributed by atoms with Crippen LogP contribution in [0, 0.1) is 0 Å². The number of piperazine rings is 1. The normalized spacial score (nSPS) is 14.9. The zero-order valence-electron chi connectivity index (χ0n) is 14.1. The average molecular weight is 375 g/mol. The molecule has 2 amide bonds. The topological polar surface area (TPSA) is 104 Å². The Hall–Kier alpha value is -2.71. The van der Waals surface area contributed by atoms with Gasteiger partial charge in [0.1, 0.15) is 11.5 Å². The third-order valence-electron chi connectivity index (χ3n) is 4.07. The van der Waals surface area contributed by atoms with Gasteiger partial charge in [-0.3, -0.25) is 19.5 Å². The molecule has 0 saturated carbocycles. The van der Waals surface area contributed by atoms with Crippen LogP contribution in [0.15, 0.2) is 36.7 Å². The Morgan fingerprint density at radius 1 is 1.12 bits per heavy atom. The molecule has 9 heteroatoms. The number of carbonyl (C=O) groups excluding carboxylic acids is 2. The number of primary amides is 1. The van der Waals surface area contributed by atoms with Gasteiger partial charge in [-0.1, -0.05) is 11.6 Å². The molecule has 0 radical (unpaired) electrons. The predicted molar refractivity (Wildman–Crippen MR) is 99.3 cm³/mol. The Morgan fingerprint density at radius 3 is 2.46 bits per heavy atom. The zero-order valence-corrected chi connectivity index (χ0v) is 14.8. The third kappa shape index (κ3) is 4.68. The van der Waals surface area contributed by atoms with Crippen molar-refractivity contribution in [3.63, 3.8) is 0 Å². The summed E-state index contributed by atoms with van der Waals surface area (Å²) in [4.78, 5) is 35.7. The van der Waals surface area contributed by atoms with E-state index in [2.05, 4.69) is 20.2 Å². The van der Waals surface area contributed by atoms with Crippen LogP contribution in [-0.4, -0.2) is 59.4 Å². The van der Waals surface area contributed by atoms with E-state index < -0.39 is 5.91 Å². The summed E-state index contributed by atoms with van der Waals surface area (Å²) in [6, 6.07) is 7.00. The first-order valence-electron chi connectivity index (χ1n) is 8.16. The van der Waals surface area contributed by atoms with Crippen LogP contribution in [0.4, 0.5) is 11.5 Å². The summed E-state index contributed by atoms with van der Waals surface area (Å²) in [5, 5.41) is 3.48. The number of hydrogen-bond acceptors (Lipinski definition) is 6. The van der Waals surface area contributed by atoms with Crippen LogP contribution in [0.1, 0.15) is 10.5 Å². The summed E-state index contributed by atoms with van der Waals surface area (Å²) in [6.07, 6.45) is 2.96. The number of aromatic nitrogens is 2. The van der Waals surface area contributed by atoms with Gasteiger partial charge in [0.25, 0.3) is 5.91 Å². The van der Waals surface area contributed by atoms with Crippen molar-refractivity contribution in [3.05, 3.63) is 47.4 Å². The van der Waals surface area contributed by atoms with E-state index >= 15 is 0 Å². The molecule has 1 aromatic heterocycles. The van der Waals surface area contributed by atoms with E-state index in [-0.39, 0.29) is 11.6 Å². The van der Waals surface area contributed by atoms with Gasteiger partial charge in [-0.2, -0.15) is 0 Å². The molecule has 3 rings (SSSR count). The SMILES string of the molecule is NC(=O)c1cncc(N2CCN(CC(=O)Nc3ccc(Cl)cc3)CC2)n1. The number of halogens is 1. The van der Waals surface area contributed by atoms with E-state index in [1.165, 1.54) is 6.20 Å². The molecule has 1 aliphatic rings. The fraction of sp³-hybridized carbons (Fsp3) is 0.294. The molecule has 1 aliphatic heterocycles. The predicted octanol–water partition coefficient (Wildman–Crippen LogP) is 0.990. The Kier molecular flexibility index (Phi) is 5.65. The van der Waals surface area contributed by atoms with Crippen LogP contribution < -0.4 is 16.0 Å². The number of amides is 2. The Morgan fingerprint density at radius 2 is 1.81 bits per heavy atom. The fourth-order valence-corrected chi connectivity index (χ4v) is 2.82. The van der Waals surface area contributed by atoms with Crippen molar-refractivity contribution in [2.45, 2.75) is 0 Å². The molecule has 1 aromatic carbocycles. The van der Waals surface area contributed by atoms with E-state index in [0.29, 0.717) is 43.6 Å². The van der Waals surface area contributed by atoms with Crippen molar-refractivity contribution in [1.29, 1.82) is 0 Å². The standard InChI is InChI=1S/C17H19ClN6O2/c18-12-1-3-13(4-2-12)21-16(25)11-23-5-7-24(8-6-23)15-10-20-9-14(22-15)17(19)26/h1-4,9-10H,5-8,11H2,(H2,19,26)(H,21,25). The number of anilines is 2. The summed E-state index contributed by atoms with van der Waals surface area (Å²) in [5.41, 5.74) is 6.11. The minimum Gasteiger partial charge on any atom is -0.364 e. The second-order valence-corrected chi connectivity index (χ2v) is 6.38. The van der Waals surface area contributed by atoms with E-state index in [1.54, 1.807) is 30.5 Å². The lowest BCUT2D eigenvalue weighted by Gasteiger charge is -2.34. The first-order valence-corrected chi connectivity index (χ1v) is 8.53. The van der Waals surface area contributed by atoms with Crippen LogP contribution in [0.2, 0.25) is 5.02 Å². The highest BCUT2D eigenvalue weighted by Gasteiger charge is 2.20. The van der Waals surface area contributed by atoms with E-state index in [9.17, 15) is 9.59 Å². The molecule has 26 heavy (non-hydrogen) atoms. The molecule has 0 atom stereocenters. The molecular weight excluding hydrogens is 356 g/mol. The second kappa shape index (κ2) is 8.11. The van der Waals surface area contributed by atoms with Crippen LogP contribution in [0.25, 0.3) is 0 Å². The largest absolute Gasteiger partial charge is 0.364 e. The van der Waals surface area contributed by atoms with Gasteiger partial charge in [0.15, 0.2) is 0 Å². The van der Waals surface area contributed by atoms with Gasteiger partial charge >= 0.3 is 0 Å². The summed E-state index contributed by atoms with van der Waals surface area (Å²) in [5.74, 6) is -0.0558. The van der Waals surface area contributed by atoms with Crippen LogP contribution >= 0.6 is 11.6 Å². The summed E-state index contributed by atoms with van der Waals surface area (Å²) >= 11 is 5.83. The lowest BCUT2D eigenvalue weighted by atomic mass is 10.3. The average Bonchev–Trinajstić information content (AvgIpc) is 2.64. The van der Waals surface area contributed by atoms with Gasteiger partial charge in [0.05, 0.1) is 18.9 Å². The first-order chi connectivity index (χ1) is 12.5. The first kappa shape index (κ1) is 18.1. The number of nitrogens with two attached hydrogens (primary N) is 1. The maximum Gasteiger partial charge on any atom is 0.268 e. The van der Waals surface area contributed by atoms with Gasteiger partial charge in [-0.25, -0.2) is 4.98 Å². The maximum absolute atomic E-state index is 12.2. The van der Waals surface area contributed by atoms with Gasteiger partial charge in [0, 0.05) is 36.9 Å². The summed E-state index contributed by atoms with van der Waals surface area (Å²) < 4.78 is 0. The van der Waals surface area contributed by atoms with Crippen molar-refractivity contribution in [2.75, 3.05) is 42.9 Å². The van der Waals surface area contributed by atoms with Gasteiger partial charge < -0.3 is 16.0 Å². The molecule has 3 N–H and O–H groups in total. The number of rotatable bonds is 5. The number of nitrogens with one attached hydrogen (secondary N) is 1. The molecule has 2 heterocycles. The second-order valence-electron chi connectivity index (χ2n) is 5.95. The van der Waals surface area contributed by atoms with Crippen molar-refractivity contribution in [3.8, 4) is 0 Å². The van der Waals surface area contributed by atoms with E-state index in [4.69, 9.17) is 17.3 Å². The lowest BCUT2D eigenvalue weighted by molar-refractivity contribution is -0.117. The highest BCUT2D eigenvalue weighted by Crippen LogP contribution is 2.15. The Labute approximate surface area is 156 Å². The van der Waals surface area contributed by atoms with Crippen molar-refractivity contribution >= 4 is 34.9 Å². The zero-order chi connectivity index (χ0) is 18.5. The fourth-order valence-electron chi connectivity index (χ4n) is 2.70. The number of hydrogen-bond donors (Lipinski definition) is 2. The Bertz CT molecular complexity index is 790. The number of nitrogens with zero attached hydrogens (tertiary/aromatic N) is 4. The summed E-state index contributed by atoms with van der Waals surface area (Å²) in [6.45, 7) is 3.09. The maximum atomic E-state index is 12.2. The van der Waals surface area contributed by atoms with E-state index in [1.807, 2.05) is 4.90 Å². The number of benzene rings is 1. The molecule has 8 nitrogen and oxygen atoms in total. The minimum atomic E-state index is -0.600. The van der Waals surface area contributed by atoms with Crippen molar-refractivity contribution in [1.82, 2.24) is 14.9 Å². The molecule has 1 fully saturated rings. The lowest BCUT2D eigenvalue weighted by Crippen LogP contribution is -2.49. The summed E-state index contributed by atoms with van der Waals surface area (Å²) in [7, 11) is 0. The molecule has 2 aromatic rings. The van der Waals surface area contributed by atoms with Gasteiger partial charge in [0.2, 0.25) is 5.91 Å². The quantitative estimate of drug-likeness (QED) is 0.808. The van der Waals surface area contributed by atoms with Gasteiger partial charge in [-0.05, 0) is 24.3 Å². The molecule has 0 bridgehead atoms. The number of carbonyl (C=O) groups is 2. The van der Waals surface area contributed by atoms with E-state index in [0.717, 1.165) is 5.69 Å². The molecule has 136 valence electrons. The smallest absolute Gasteiger partial charge is 0.268 e. The van der Waals surface area contributed by atoms with Gasteiger partial charge in [-0.15, -0.1) is 0 Å². The highest BCUT2D eigenvalue weighted by molar-refractivity contribution is 6.30. The molecule has 0 aliphatic carbocycles. The van der Waals surface area contributed by atoms with Crippen LogP contribution in [-0.2, 0) is 4.79 Å². The monoisotopic (exact) mass is 374 g/mol. The van der Waals surface area contributed by atoms with Crippen LogP contribution in [0.3, 0.4) is 0 Å². The molecule has 0 spiro atoms. The van der Waals surface area contributed by atoms with Crippen molar-refractivity contribution in [2.24, 2.45) is 5.73 Å². The van der Waals surface area contributed by atoms with Crippen molar-refractivity contribution < 1.29 is 9.59 Å². The highest BCUT2D eigenvalue weighted by atomic mass is 35.5. The third-order valence-corrected chi connectivity index (χ3v) is 4.32. The molecular formula is C17H19ClN6O2. The Balaban J connectivity index is 1.50. The molecule has 1 saturated heterocycles.